The minimum absolute atomic E-state index is 0.0112. The van der Waals surface area contributed by atoms with Gasteiger partial charge in [0.25, 0.3) is 0 Å². The molecule has 4 rings (SSSR count). The molecule has 0 saturated carbocycles. The zero-order valence-corrected chi connectivity index (χ0v) is 19.1. The second kappa shape index (κ2) is 9.19. The molecular weight excluding hydrogens is 450 g/mol. The summed E-state index contributed by atoms with van der Waals surface area (Å²) in [4.78, 5) is 15.3. The monoisotopic (exact) mass is 472 g/mol. The Morgan fingerprint density at radius 1 is 1.18 bits per heavy atom. The predicted octanol–water partition coefficient (Wildman–Crippen LogP) is 4.25. The Balaban J connectivity index is 1.90. The molecule has 0 aliphatic carbocycles. The highest BCUT2D eigenvalue weighted by Gasteiger charge is 2.43. The van der Waals surface area contributed by atoms with E-state index in [2.05, 4.69) is 4.74 Å². The first-order valence-corrected chi connectivity index (χ1v) is 11.1. The Morgan fingerprint density at radius 3 is 2.45 bits per heavy atom. The van der Waals surface area contributed by atoms with Crippen LogP contribution in [0.25, 0.3) is 10.4 Å². The van der Waals surface area contributed by atoms with Crippen molar-refractivity contribution in [3.63, 3.8) is 0 Å². The number of alkyl halides is 2. The Morgan fingerprint density at radius 2 is 1.85 bits per heavy atom. The lowest BCUT2D eigenvalue weighted by Crippen LogP contribution is -2.51. The van der Waals surface area contributed by atoms with Crippen LogP contribution in [0.3, 0.4) is 0 Å². The number of halogens is 2. The highest BCUT2D eigenvalue weighted by Crippen LogP contribution is 2.44. The molecule has 2 heterocycles. The maximum atomic E-state index is 13.6. The van der Waals surface area contributed by atoms with Crippen LogP contribution in [0.15, 0.2) is 65.9 Å². The number of esters is 1. The molecule has 0 bridgehead atoms. The molecule has 0 fully saturated rings. The average Bonchev–Trinajstić information content (AvgIpc) is 3.14. The summed E-state index contributed by atoms with van der Waals surface area (Å²) in [5.74, 6) is -0.798. The van der Waals surface area contributed by atoms with E-state index in [9.17, 15) is 18.7 Å². The molecule has 1 aliphatic heterocycles. The summed E-state index contributed by atoms with van der Waals surface area (Å²) in [5.41, 5.74) is 2.31. The fourth-order valence-electron chi connectivity index (χ4n) is 3.88. The number of carbonyl (C=O) groups excluding carboxylic acids is 1. The third kappa shape index (κ3) is 4.16. The molecule has 3 aromatic rings. The SMILES string of the molecule is CCOC(=O)C1=C(C)N(C)c2sc(-c3ccccc3)c([O-])[n+]2C1c1ccc(OC(F)F)cc1. The van der Waals surface area contributed by atoms with Gasteiger partial charge < -0.3 is 14.6 Å². The van der Waals surface area contributed by atoms with Crippen molar-refractivity contribution in [2.24, 2.45) is 0 Å². The third-order valence-electron chi connectivity index (χ3n) is 5.48. The number of ether oxygens (including phenoxy) is 2. The molecule has 0 amide bonds. The number of hydrogen-bond donors (Lipinski definition) is 0. The third-order valence-corrected chi connectivity index (χ3v) is 6.74. The normalized spacial score (nSPS) is 15.6. The van der Waals surface area contributed by atoms with Crippen LogP contribution in [0, 0.1) is 0 Å². The van der Waals surface area contributed by atoms with Gasteiger partial charge in [0.05, 0.1) is 24.4 Å². The number of hydrogen-bond acceptors (Lipinski definition) is 6. The van der Waals surface area contributed by atoms with Crippen LogP contribution in [0.1, 0.15) is 25.5 Å². The number of benzene rings is 2. The first-order valence-electron chi connectivity index (χ1n) is 10.3. The molecule has 1 aromatic heterocycles. The van der Waals surface area contributed by atoms with Gasteiger partial charge in [-0.15, -0.1) is 0 Å². The van der Waals surface area contributed by atoms with Crippen molar-refractivity contribution in [1.29, 1.82) is 0 Å². The maximum absolute atomic E-state index is 13.6. The number of allylic oxidation sites excluding steroid dienone is 1. The minimum atomic E-state index is -2.95. The van der Waals surface area contributed by atoms with E-state index in [1.807, 2.05) is 30.3 Å². The standard InChI is InChI=1S/C24H22F2N2O4S/c1-4-31-22(30)18-14(2)27(3)24-28(21(29)20(33-24)16-8-6-5-7-9-16)19(18)15-10-12-17(13-11-15)32-23(25)26/h5-13,19,23H,4H2,1-3H3. The number of thiazole rings is 1. The van der Waals surface area contributed by atoms with E-state index in [1.165, 1.54) is 23.5 Å². The molecule has 1 atom stereocenters. The molecule has 6 nitrogen and oxygen atoms in total. The Kier molecular flexibility index (Phi) is 6.33. The molecule has 0 radical (unpaired) electrons. The van der Waals surface area contributed by atoms with Crippen LogP contribution in [0.2, 0.25) is 0 Å². The van der Waals surface area contributed by atoms with E-state index in [1.54, 1.807) is 42.5 Å². The van der Waals surface area contributed by atoms with Crippen molar-refractivity contribution in [2.45, 2.75) is 26.5 Å². The van der Waals surface area contributed by atoms with Crippen LogP contribution in [-0.2, 0) is 9.53 Å². The summed E-state index contributed by atoms with van der Waals surface area (Å²) in [5, 5.41) is 14.3. The average molecular weight is 473 g/mol. The number of fused-ring (bicyclic) bond motifs is 1. The number of rotatable bonds is 6. The largest absolute Gasteiger partial charge is 0.841 e. The van der Waals surface area contributed by atoms with Crippen molar-refractivity contribution in [2.75, 3.05) is 18.6 Å². The lowest BCUT2D eigenvalue weighted by atomic mass is 9.94. The number of aromatic nitrogens is 1. The molecular formula is C24H22F2N2O4S. The highest BCUT2D eigenvalue weighted by atomic mass is 32.1. The summed E-state index contributed by atoms with van der Waals surface area (Å²) in [6.07, 6.45) is 0. The van der Waals surface area contributed by atoms with Crippen LogP contribution in [-0.4, -0.2) is 26.2 Å². The van der Waals surface area contributed by atoms with Gasteiger partial charge >= 0.3 is 17.7 Å². The van der Waals surface area contributed by atoms with Gasteiger partial charge in [-0.1, -0.05) is 42.5 Å². The zero-order chi connectivity index (χ0) is 23.7. The molecule has 1 unspecified atom stereocenters. The van der Waals surface area contributed by atoms with Crippen molar-refractivity contribution >= 4 is 22.4 Å². The second-order valence-electron chi connectivity index (χ2n) is 7.38. The maximum Gasteiger partial charge on any atom is 0.387 e. The molecule has 9 heteroatoms. The molecule has 0 saturated heterocycles. The van der Waals surface area contributed by atoms with Gasteiger partial charge in [0.2, 0.25) is 0 Å². The van der Waals surface area contributed by atoms with Gasteiger partial charge in [-0.05, 0) is 42.9 Å². The Bertz CT molecular complexity index is 1190. The van der Waals surface area contributed by atoms with E-state index in [0.29, 0.717) is 26.8 Å². The summed E-state index contributed by atoms with van der Waals surface area (Å²) >= 11 is 1.33. The molecule has 2 aromatic carbocycles. The number of nitrogens with zero attached hydrogens (tertiary/aromatic N) is 2. The quantitative estimate of drug-likeness (QED) is 0.396. The Hall–Kier alpha value is -3.46. The van der Waals surface area contributed by atoms with Gasteiger partial charge in [-0.25, -0.2) is 14.3 Å². The van der Waals surface area contributed by atoms with E-state index < -0.39 is 18.6 Å². The lowest BCUT2D eigenvalue weighted by molar-refractivity contribution is -0.728. The molecule has 0 N–H and O–H groups in total. The summed E-state index contributed by atoms with van der Waals surface area (Å²) in [7, 11) is 1.79. The molecule has 172 valence electrons. The van der Waals surface area contributed by atoms with Crippen molar-refractivity contribution in [3.8, 4) is 22.1 Å². The highest BCUT2D eigenvalue weighted by molar-refractivity contribution is 7.18. The second-order valence-corrected chi connectivity index (χ2v) is 8.36. The zero-order valence-electron chi connectivity index (χ0n) is 18.2. The van der Waals surface area contributed by atoms with E-state index in [4.69, 9.17) is 4.74 Å². The van der Waals surface area contributed by atoms with Gasteiger partial charge in [0.15, 0.2) is 6.04 Å². The smallest absolute Gasteiger partial charge is 0.387 e. The topological polar surface area (TPSA) is 65.7 Å². The molecule has 0 spiro atoms. The first kappa shape index (κ1) is 22.7. The number of anilines is 1. The minimum Gasteiger partial charge on any atom is -0.841 e. The molecule has 33 heavy (non-hydrogen) atoms. The molecule has 1 aliphatic rings. The van der Waals surface area contributed by atoms with Crippen molar-refractivity contribution in [1.82, 2.24) is 0 Å². The Labute approximate surface area is 193 Å². The van der Waals surface area contributed by atoms with Gasteiger partial charge in [-0.2, -0.15) is 8.78 Å². The van der Waals surface area contributed by atoms with Crippen molar-refractivity contribution in [3.05, 3.63) is 71.4 Å². The van der Waals surface area contributed by atoms with Crippen LogP contribution >= 0.6 is 11.3 Å². The van der Waals surface area contributed by atoms with E-state index in [0.717, 1.165) is 5.56 Å². The van der Waals surface area contributed by atoms with Gasteiger partial charge in [-0.3, -0.25) is 0 Å². The fraction of sp³-hybridized carbons (Fsp3) is 0.250. The van der Waals surface area contributed by atoms with Crippen LogP contribution in [0.5, 0.6) is 11.6 Å². The van der Waals surface area contributed by atoms with Gasteiger partial charge in [0.1, 0.15) is 17.0 Å². The lowest BCUT2D eigenvalue weighted by Gasteiger charge is -2.29. The van der Waals surface area contributed by atoms with Gasteiger partial charge in [0, 0.05) is 5.56 Å². The number of carbonyl (C=O) groups is 1. The van der Waals surface area contributed by atoms with Crippen LogP contribution < -0.4 is 19.3 Å². The van der Waals surface area contributed by atoms with E-state index >= 15 is 0 Å². The summed E-state index contributed by atoms with van der Waals surface area (Å²) in [6, 6.07) is 14.5. The van der Waals surface area contributed by atoms with E-state index in [-0.39, 0.29) is 18.2 Å². The van der Waals surface area contributed by atoms with Crippen molar-refractivity contribution < 1.29 is 32.7 Å². The summed E-state index contributed by atoms with van der Waals surface area (Å²) < 4.78 is 36.5. The van der Waals surface area contributed by atoms with Crippen LogP contribution in [0.4, 0.5) is 13.9 Å². The predicted molar refractivity (Wildman–Crippen MR) is 118 cm³/mol. The fourth-order valence-corrected chi connectivity index (χ4v) is 5.06. The first-order chi connectivity index (χ1) is 15.8. The summed E-state index contributed by atoms with van der Waals surface area (Å²) in [6.45, 7) is 0.731.